The molecule has 0 unspecified atom stereocenters. The first-order chi connectivity index (χ1) is 11.0. The summed E-state index contributed by atoms with van der Waals surface area (Å²) in [5, 5.41) is 28.4. The average molecular weight is 318 g/mol. The van der Waals surface area contributed by atoms with Crippen molar-refractivity contribution in [1.82, 2.24) is 15.5 Å². The molecule has 0 spiro atoms. The van der Waals surface area contributed by atoms with Gasteiger partial charge in [-0.1, -0.05) is 17.2 Å². The van der Waals surface area contributed by atoms with Crippen molar-refractivity contribution in [3.8, 4) is 5.75 Å². The number of nitrogens with zero attached hydrogens (tertiary/aromatic N) is 2. The van der Waals surface area contributed by atoms with Gasteiger partial charge >= 0.3 is 30.9 Å². The Bertz CT molecular complexity index is 779. The Labute approximate surface area is 129 Å². The van der Waals surface area contributed by atoms with Gasteiger partial charge in [0.05, 0.1) is 11.5 Å². The SMILES string of the molecule is Nc1nnc(C(=O)N[C@H]2Cc3cccc(C(=O)O)c3OB2O)o1. The minimum Gasteiger partial charge on any atom is -0.534 e. The van der Waals surface area contributed by atoms with E-state index >= 15 is 0 Å². The monoisotopic (exact) mass is 318 g/mol. The Morgan fingerprint density at radius 1 is 1.39 bits per heavy atom. The van der Waals surface area contributed by atoms with Crippen LogP contribution in [0.1, 0.15) is 26.6 Å². The summed E-state index contributed by atoms with van der Waals surface area (Å²) in [6, 6.07) is 4.32. The van der Waals surface area contributed by atoms with E-state index < -0.39 is 24.9 Å². The number of carbonyl (C=O) groups excluding carboxylic acids is 1. The maximum atomic E-state index is 11.9. The van der Waals surface area contributed by atoms with Crippen LogP contribution >= 0.6 is 0 Å². The molecule has 0 radical (unpaired) electrons. The van der Waals surface area contributed by atoms with Gasteiger partial charge in [0.1, 0.15) is 5.75 Å². The number of amides is 1. The summed E-state index contributed by atoms with van der Waals surface area (Å²) in [5.41, 5.74) is 5.72. The number of aromatic carboxylic acids is 1. The number of hydrogen-bond acceptors (Lipinski definition) is 8. The van der Waals surface area contributed by atoms with Crippen LogP contribution in [0.15, 0.2) is 22.6 Å². The number of carboxylic acid groups (broad SMARTS) is 1. The molecule has 10 nitrogen and oxygen atoms in total. The fraction of sp³-hybridized carbons (Fsp3) is 0.167. The van der Waals surface area contributed by atoms with E-state index in [0.29, 0.717) is 5.56 Å². The second-order valence-electron chi connectivity index (χ2n) is 4.84. The predicted octanol–water partition coefficient (Wildman–Crippen LogP) is -0.897. The molecular formula is C12H11BN4O6. The molecule has 5 N–H and O–H groups in total. The Kier molecular flexibility index (Phi) is 3.62. The van der Waals surface area contributed by atoms with Crippen molar-refractivity contribution in [3.05, 3.63) is 35.2 Å². The average Bonchev–Trinajstić information content (AvgIpc) is 2.94. The number of nitrogens with two attached hydrogens (primary N) is 1. The second-order valence-corrected chi connectivity index (χ2v) is 4.84. The van der Waals surface area contributed by atoms with Crippen molar-refractivity contribution in [3.63, 3.8) is 0 Å². The Balaban J connectivity index is 1.80. The van der Waals surface area contributed by atoms with Crippen LogP contribution in [-0.2, 0) is 6.42 Å². The minimum atomic E-state index is -1.42. The standard InChI is InChI=1S/C12H11BN4O6/c14-12-17-16-10(22-12)9(18)15-7-4-5-2-1-3-6(11(19)20)8(5)23-13(7)21/h1-3,7,21H,4H2,(H2,14,17)(H,15,18)(H,19,20)/t7-/m0/s1. The first-order valence-corrected chi connectivity index (χ1v) is 6.55. The molecule has 118 valence electrons. The molecule has 1 amide bonds. The van der Waals surface area contributed by atoms with Gasteiger partial charge < -0.3 is 30.3 Å². The van der Waals surface area contributed by atoms with Gasteiger partial charge in [-0.25, -0.2) is 4.79 Å². The van der Waals surface area contributed by atoms with Crippen LogP contribution in [0.4, 0.5) is 6.01 Å². The van der Waals surface area contributed by atoms with Gasteiger partial charge in [0, 0.05) is 0 Å². The number of carbonyl (C=O) groups is 2. The lowest BCUT2D eigenvalue weighted by atomic mass is 9.72. The molecule has 11 heteroatoms. The summed E-state index contributed by atoms with van der Waals surface area (Å²) in [6.45, 7) is 0. The number of anilines is 1. The number of benzene rings is 1. The molecule has 2 heterocycles. The zero-order valence-electron chi connectivity index (χ0n) is 11.6. The molecule has 1 aliphatic heterocycles. The molecule has 0 aliphatic carbocycles. The topological polar surface area (TPSA) is 161 Å². The molecule has 3 rings (SSSR count). The fourth-order valence-corrected chi connectivity index (χ4v) is 2.27. The lowest BCUT2D eigenvalue weighted by molar-refractivity contribution is 0.0693. The Morgan fingerprint density at radius 3 is 2.83 bits per heavy atom. The molecule has 0 fully saturated rings. The maximum Gasteiger partial charge on any atom is 0.547 e. The van der Waals surface area contributed by atoms with Crippen LogP contribution in [0.25, 0.3) is 0 Å². The van der Waals surface area contributed by atoms with Gasteiger partial charge in [0.15, 0.2) is 0 Å². The van der Waals surface area contributed by atoms with Crippen molar-refractivity contribution in [1.29, 1.82) is 0 Å². The zero-order valence-corrected chi connectivity index (χ0v) is 11.6. The van der Waals surface area contributed by atoms with Crippen molar-refractivity contribution >= 4 is 25.0 Å². The highest BCUT2D eigenvalue weighted by Gasteiger charge is 2.38. The normalized spacial score (nSPS) is 16.4. The summed E-state index contributed by atoms with van der Waals surface area (Å²) < 4.78 is 10.0. The van der Waals surface area contributed by atoms with Crippen LogP contribution < -0.4 is 15.7 Å². The maximum absolute atomic E-state index is 11.9. The molecular weight excluding hydrogens is 307 g/mol. The molecule has 0 saturated carbocycles. The molecule has 23 heavy (non-hydrogen) atoms. The van der Waals surface area contributed by atoms with E-state index in [0.717, 1.165) is 0 Å². The van der Waals surface area contributed by atoms with Gasteiger partial charge in [-0.2, -0.15) is 0 Å². The lowest BCUT2D eigenvalue weighted by Gasteiger charge is -2.28. The number of hydrogen-bond donors (Lipinski definition) is 4. The van der Waals surface area contributed by atoms with Crippen molar-refractivity contribution in [2.75, 3.05) is 5.73 Å². The number of nitrogens with one attached hydrogen (secondary N) is 1. The fourth-order valence-electron chi connectivity index (χ4n) is 2.27. The van der Waals surface area contributed by atoms with Gasteiger partial charge in [0.25, 0.3) is 0 Å². The first-order valence-electron chi connectivity index (χ1n) is 6.55. The van der Waals surface area contributed by atoms with Crippen molar-refractivity contribution in [2.24, 2.45) is 0 Å². The second kappa shape index (κ2) is 5.61. The summed E-state index contributed by atoms with van der Waals surface area (Å²) in [6.07, 6.45) is 0.174. The molecule has 1 atom stereocenters. The van der Waals surface area contributed by atoms with Gasteiger partial charge in [-0.3, -0.25) is 4.79 Å². The third-order valence-corrected chi connectivity index (χ3v) is 3.30. The number of para-hydroxylation sites is 1. The van der Waals surface area contributed by atoms with Crippen LogP contribution in [0.3, 0.4) is 0 Å². The number of carboxylic acids is 1. The van der Waals surface area contributed by atoms with E-state index in [-0.39, 0.29) is 29.6 Å². The molecule has 1 aromatic heterocycles. The lowest BCUT2D eigenvalue weighted by Crippen LogP contribution is -2.53. The largest absolute Gasteiger partial charge is 0.547 e. The Morgan fingerprint density at radius 2 is 2.17 bits per heavy atom. The molecule has 0 saturated heterocycles. The summed E-state index contributed by atoms with van der Waals surface area (Å²) >= 11 is 0. The molecule has 1 aromatic carbocycles. The first kappa shape index (κ1) is 14.8. The van der Waals surface area contributed by atoms with Gasteiger partial charge in [0.2, 0.25) is 0 Å². The van der Waals surface area contributed by atoms with Crippen LogP contribution in [0.5, 0.6) is 5.75 Å². The molecule has 2 aromatic rings. The minimum absolute atomic E-state index is 0.0593. The van der Waals surface area contributed by atoms with Gasteiger partial charge in [-0.15, -0.1) is 5.10 Å². The number of fused-ring (bicyclic) bond motifs is 1. The van der Waals surface area contributed by atoms with E-state index in [2.05, 4.69) is 15.5 Å². The third kappa shape index (κ3) is 2.81. The number of aromatic nitrogens is 2. The summed E-state index contributed by atoms with van der Waals surface area (Å²) in [4.78, 5) is 23.1. The van der Waals surface area contributed by atoms with Crippen LogP contribution in [0, 0.1) is 0 Å². The van der Waals surface area contributed by atoms with Crippen molar-refractivity contribution < 1.29 is 28.8 Å². The molecule has 1 aliphatic rings. The predicted molar refractivity (Wildman–Crippen MR) is 75.7 cm³/mol. The van der Waals surface area contributed by atoms with Crippen LogP contribution in [0.2, 0.25) is 0 Å². The molecule has 0 bridgehead atoms. The number of nitrogen functional groups attached to an aromatic ring is 1. The highest BCUT2D eigenvalue weighted by molar-refractivity contribution is 6.47. The third-order valence-electron chi connectivity index (χ3n) is 3.30. The highest BCUT2D eigenvalue weighted by atomic mass is 16.5. The number of rotatable bonds is 3. The van der Waals surface area contributed by atoms with Gasteiger partial charge in [-0.05, 0) is 18.1 Å². The van der Waals surface area contributed by atoms with E-state index in [1.807, 2.05) is 0 Å². The van der Waals surface area contributed by atoms with E-state index in [9.17, 15) is 14.6 Å². The van der Waals surface area contributed by atoms with E-state index in [4.69, 9.17) is 19.9 Å². The zero-order chi connectivity index (χ0) is 16.6. The highest BCUT2D eigenvalue weighted by Crippen LogP contribution is 2.30. The summed E-state index contributed by atoms with van der Waals surface area (Å²) in [5.74, 6) is -2.97. The smallest absolute Gasteiger partial charge is 0.534 e. The van der Waals surface area contributed by atoms with E-state index in [1.54, 1.807) is 12.1 Å². The van der Waals surface area contributed by atoms with E-state index in [1.165, 1.54) is 6.07 Å². The van der Waals surface area contributed by atoms with Crippen LogP contribution in [-0.4, -0.2) is 45.3 Å². The van der Waals surface area contributed by atoms with Crippen molar-refractivity contribution in [2.45, 2.75) is 12.4 Å². The quantitative estimate of drug-likeness (QED) is 0.526. The Hall–Kier alpha value is -3.08. The summed E-state index contributed by atoms with van der Waals surface area (Å²) in [7, 11) is -1.42.